The van der Waals surface area contributed by atoms with Gasteiger partial charge in [0.2, 0.25) is 5.91 Å². The zero-order valence-electron chi connectivity index (χ0n) is 12.5. The summed E-state index contributed by atoms with van der Waals surface area (Å²) in [5.41, 5.74) is 1.14. The summed E-state index contributed by atoms with van der Waals surface area (Å²) in [5.74, 6) is 0.0778. The van der Waals surface area contributed by atoms with Crippen LogP contribution in [-0.4, -0.2) is 44.7 Å². The number of halogens is 1. The predicted molar refractivity (Wildman–Crippen MR) is 85.8 cm³/mol. The van der Waals surface area contributed by atoms with Crippen molar-refractivity contribution in [2.45, 2.75) is 13.0 Å². The molecule has 1 aromatic carbocycles. The largest absolute Gasteiger partial charge is 0.494 e. The smallest absolute Gasteiger partial charge is 0.254 e. The first-order chi connectivity index (χ1) is 10.1. The molecule has 2 rings (SSSR count). The van der Waals surface area contributed by atoms with Gasteiger partial charge >= 0.3 is 0 Å². The van der Waals surface area contributed by atoms with Crippen molar-refractivity contribution < 1.29 is 19.1 Å². The van der Waals surface area contributed by atoms with Crippen LogP contribution >= 0.6 is 12.4 Å². The molecule has 8 heteroatoms. The number of hydrogen-bond donors (Lipinski definition) is 3. The van der Waals surface area contributed by atoms with Gasteiger partial charge in [-0.3, -0.25) is 9.59 Å². The Morgan fingerprint density at radius 1 is 1.36 bits per heavy atom. The monoisotopic (exact) mass is 329 g/mol. The van der Waals surface area contributed by atoms with Gasteiger partial charge < -0.3 is 25.4 Å². The number of methoxy groups -OCH3 is 1. The molecular formula is C14H20ClN3O4. The molecule has 1 fully saturated rings. The fourth-order valence-corrected chi connectivity index (χ4v) is 2.02. The van der Waals surface area contributed by atoms with Gasteiger partial charge in [-0.2, -0.15) is 0 Å². The van der Waals surface area contributed by atoms with E-state index in [2.05, 4.69) is 16.0 Å². The summed E-state index contributed by atoms with van der Waals surface area (Å²) in [5, 5.41) is 8.52. The zero-order valence-corrected chi connectivity index (χ0v) is 13.3. The van der Waals surface area contributed by atoms with Crippen LogP contribution in [-0.2, 0) is 14.3 Å². The van der Waals surface area contributed by atoms with E-state index in [0.29, 0.717) is 30.3 Å². The summed E-state index contributed by atoms with van der Waals surface area (Å²) >= 11 is 0. The van der Waals surface area contributed by atoms with E-state index in [4.69, 9.17) is 9.47 Å². The van der Waals surface area contributed by atoms with Gasteiger partial charge in [-0.15, -0.1) is 12.4 Å². The summed E-state index contributed by atoms with van der Waals surface area (Å²) < 4.78 is 10.6. The van der Waals surface area contributed by atoms with E-state index in [-0.39, 0.29) is 24.2 Å². The number of hydrogen-bond acceptors (Lipinski definition) is 5. The summed E-state index contributed by atoms with van der Waals surface area (Å²) in [6, 6.07) is 5.03. The van der Waals surface area contributed by atoms with E-state index in [1.54, 1.807) is 18.2 Å². The Bertz CT molecular complexity index is 533. The molecule has 0 aromatic heterocycles. The van der Waals surface area contributed by atoms with Gasteiger partial charge in [0.25, 0.3) is 5.91 Å². The Morgan fingerprint density at radius 2 is 2.14 bits per heavy atom. The number of morpholine rings is 1. The molecule has 3 N–H and O–H groups in total. The molecule has 22 heavy (non-hydrogen) atoms. The minimum atomic E-state index is -0.500. The Kier molecular flexibility index (Phi) is 7.10. The molecule has 1 aliphatic heterocycles. The Balaban J connectivity index is 0.00000242. The Hall–Kier alpha value is -1.83. The molecule has 2 amide bonds. The van der Waals surface area contributed by atoms with E-state index in [9.17, 15) is 9.59 Å². The minimum Gasteiger partial charge on any atom is -0.494 e. The van der Waals surface area contributed by atoms with Crippen LogP contribution in [0.25, 0.3) is 0 Å². The van der Waals surface area contributed by atoms with Crippen molar-refractivity contribution in [2.75, 3.05) is 37.4 Å². The summed E-state index contributed by atoms with van der Waals surface area (Å²) in [4.78, 5) is 23.1. The van der Waals surface area contributed by atoms with Crippen LogP contribution in [0.4, 0.5) is 11.4 Å². The second kappa shape index (κ2) is 8.57. The molecule has 1 unspecified atom stereocenters. The van der Waals surface area contributed by atoms with Gasteiger partial charge in [0, 0.05) is 31.8 Å². The third-order valence-corrected chi connectivity index (χ3v) is 3.00. The summed E-state index contributed by atoms with van der Waals surface area (Å²) in [6.07, 6.45) is -0.500. The van der Waals surface area contributed by atoms with Crippen LogP contribution in [0, 0.1) is 0 Å². The lowest BCUT2D eigenvalue weighted by Crippen LogP contribution is -2.45. The van der Waals surface area contributed by atoms with Gasteiger partial charge in [-0.1, -0.05) is 0 Å². The maximum atomic E-state index is 12.0. The molecule has 0 bridgehead atoms. The topological polar surface area (TPSA) is 88.7 Å². The lowest BCUT2D eigenvalue weighted by molar-refractivity contribution is -0.128. The van der Waals surface area contributed by atoms with Crippen LogP contribution in [0.15, 0.2) is 18.2 Å². The maximum absolute atomic E-state index is 12.0. The number of ether oxygens (including phenoxy) is 2. The average Bonchev–Trinajstić information content (AvgIpc) is 2.49. The van der Waals surface area contributed by atoms with Gasteiger partial charge in [-0.25, -0.2) is 0 Å². The molecule has 0 aliphatic carbocycles. The van der Waals surface area contributed by atoms with E-state index in [1.807, 2.05) is 0 Å². The normalized spacial score (nSPS) is 17.1. The molecule has 1 aromatic rings. The first kappa shape index (κ1) is 18.2. The van der Waals surface area contributed by atoms with Crippen LogP contribution in [0.1, 0.15) is 6.92 Å². The van der Waals surface area contributed by atoms with Gasteiger partial charge in [0.05, 0.1) is 19.4 Å². The molecule has 1 atom stereocenters. The lowest BCUT2D eigenvalue weighted by Gasteiger charge is -2.22. The molecule has 0 spiro atoms. The second-order valence-corrected chi connectivity index (χ2v) is 4.65. The molecule has 7 nitrogen and oxygen atoms in total. The quantitative estimate of drug-likeness (QED) is 0.767. The van der Waals surface area contributed by atoms with Crippen LogP contribution in [0.2, 0.25) is 0 Å². The lowest BCUT2D eigenvalue weighted by atomic mass is 10.2. The van der Waals surface area contributed by atoms with Gasteiger partial charge in [0.15, 0.2) is 0 Å². The van der Waals surface area contributed by atoms with E-state index < -0.39 is 6.10 Å². The second-order valence-electron chi connectivity index (χ2n) is 4.65. The number of rotatable bonds is 4. The van der Waals surface area contributed by atoms with Crippen molar-refractivity contribution in [1.82, 2.24) is 5.32 Å². The highest BCUT2D eigenvalue weighted by Gasteiger charge is 2.22. The highest BCUT2D eigenvalue weighted by Crippen LogP contribution is 2.28. The fourth-order valence-electron chi connectivity index (χ4n) is 2.02. The molecular weight excluding hydrogens is 310 g/mol. The van der Waals surface area contributed by atoms with Gasteiger partial charge in [-0.05, 0) is 12.1 Å². The van der Waals surface area contributed by atoms with Crippen molar-refractivity contribution >= 4 is 35.6 Å². The first-order valence-electron chi connectivity index (χ1n) is 6.69. The van der Waals surface area contributed by atoms with Crippen LogP contribution in [0.5, 0.6) is 5.75 Å². The average molecular weight is 330 g/mol. The molecule has 0 radical (unpaired) electrons. The van der Waals surface area contributed by atoms with Crippen molar-refractivity contribution in [3.63, 3.8) is 0 Å². The Labute approximate surface area is 135 Å². The van der Waals surface area contributed by atoms with Crippen molar-refractivity contribution in [3.05, 3.63) is 18.2 Å². The number of carbonyl (C=O) groups excluding carboxylic acids is 2. The highest BCUT2D eigenvalue weighted by molar-refractivity contribution is 5.96. The molecule has 1 saturated heterocycles. The summed E-state index contributed by atoms with van der Waals surface area (Å²) in [6.45, 7) is 3.18. The van der Waals surface area contributed by atoms with E-state index in [0.717, 1.165) is 6.54 Å². The third kappa shape index (κ3) is 4.87. The minimum absolute atomic E-state index is 0. The fraction of sp³-hybridized carbons (Fsp3) is 0.429. The Morgan fingerprint density at radius 3 is 2.73 bits per heavy atom. The van der Waals surface area contributed by atoms with Crippen molar-refractivity contribution in [3.8, 4) is 5.75 Å². The van der Waals surface area contributed by atoms with E-state index in [1.165, 1.54) is 14.0 Å². The predicted octanol–water partition coefficient (Wildman–Crippen LogP) is 1.00. The third-order valence-electron chi connectivity index (χ3n) is 3.00. The number of nitrogens with one attached hydrogen (secondary N) is 3. The van der Waals surface area contributed by atoms with Gasteiger partial charge in [0.1, 0.15) is 11.9 Å². The van der Waals surface area contributed by atoms with Crippen LogP contribution < -0.4 is 20.7 Å². The molecule has 122 valence electrons. The molecule has 1 heterocycles. The standard InChI is InChI=1S/C14H19N3O4.ClH/c1-9(18)16-11-4-3-10(7-12(11)20-2)17-14(19)13-8-15-5-6-21-13;/h3-4,7,13,15H,5-6,8H2,1-2H3,(H,16,18)(H,17,19);1H. The van der Waals surface area contributed by atoms with Crippen molar-refractivity contribution in [2.24, 2.45) is 0 Å². The van der Waals surface area contributed by atoms with E-state index >= 15 is 0 Å². The first-order valence-corrected chi connectivity index (χ1v) is 6.69. The number of carbonyl (C=O) groups is 2. The number of benzene rings is 1. The maximum Gasteiger partial charge on any atom is 0.254 e. The SMILES string of the molecule is COc1cc(NC(=O)C2CNCCO2)ccc1NC(C)=O.Cl. The van der Waals surface area contributed by atoms with Crippen molar-refractivity contribution in [1.29, 1.82) is 0 Å². The van der Waals surface area contributed by atoms with Crippen LogP contribution in [0.3, 0.4) is 0 Å². The molecule has 0 saturated carbocycles. The number of amides is 2. The molecule has 1 aliphatic rings. The zero-order chi connectivity index (χ0) is 15.2. The number of anilines is 2. The highest BCUT2D eigenvalue weighted by atomic mass is 35.5. The summed E-state index contributed by atoms with van der Waals surface area (Å²) in [7, 11) is 1.50.